The minimum atomic E-state index is -0.393. The van der Waals surface area contributed by atoms with Crippen molar-refractivity contribution in [2.75, 3.05) is 13.7 Å². The number of ether oxygens (including phenoxy) is 1. The second-order valence-electron chi connectivity index (χ2n) is 4.10. The van der Waals surface area contributed by atoms with Gasteiger partial charge in [0.05, 0.1) is 7.11 Å². The Morgan fingerprint density at radius 1 is 1.35 bits per heavy atom. The Morgan fingerprint density at radius 2 is 2.00 bits per heavy atom. The summed E-state index contributed by atoms with van der Waals surface area (Å²) in [6.45, 7) is 3.77. The van der Waals surface area contributed by atoms with Gasteiger partial charge in [-0.05, 0) is 26.7 Å². The molecule has 0 aliphatic rings. The third-order valence-corrected chi connectivity index (χ3v) is 2.43. The van der Waals surface area contributed by atoms with Crippen LogP contribution in [0.5, 0.6) is 0 Å². The highest BCUT2D eigenvalue weighted by atomic mass is 16.5. The molecule has 0 N–H and O–H groups in total. The summed E-state index contributed by atoms with van der Waals surface area (Å²) in [7, 11) is 1.32. The Labute approximate surface area is 103 Å². The van der Waals surface area contributed by atoms with Gasteiger partial charge in [-0.3, -0.25) is 9.59 Å². The van der Waals surface area contributed by atoms with E-state index in [0.29, 0.717) is 12.8 Å². The molecule has 0 aliphatic carbocycles. The summed E-state index contributed by atoms with van der Waals surface area (Å²) in [5.41, 5.74) is 0. The van der Waals surface area contributed by atoms with Crippen LogP contribution in [0.1, 0.15) is 39.5 Å². The van der Waals surface area contributed by atoms with Crippen LogP contribution in [0, 0.1) is 12.3 Å². The first-order valence-electron chi connectivity index (χ1n) is 5.82. The largest absolute Gasteiger partial charge is 0.468 e. The van der Waals surface area contributed by atoms with Crippen LogP contribution in [0.3, 0.4) is 0 Å². The highest BCUT2D eigenvalue weighted by molar-refractivity contribution is 5.82. The quantitative estimate of drug-likeness (QED) is 0.385. The fraction of sp³-hybridized carbons (Fsp3) is 0.692. The van der Waals surface area contributed by atoms with E-state index in [2.05, 4.69) is 10.7 Å². The Morgan fingerprint density at radius 3 is 2.47 bits per heavy atom. The minimum absolute atomic E-state index is 0.00534. The number of carbonyl (C=O) groups is 2. The van der Waals surface area contributed by atoms with Crippen LogP contribution in [0.15, 0.2) is 0 Å². The summed E-state index contributed by atoms with van der Waals surface area (Å²) in [4.78, 5) is 24.6. The molecule has 0 aromatic heterocycles. The molecule has 0 aliphatic heterocycles. The van der Waals surface area contributed by atoms with Crippen molar-refractivity contribution in [3.63, 3.8) is 0 Å². The van der Waals surface area contributed by atoms with E-state index >= 15 is 0 Å². The monoisotopic (exact) mass is 239 g/mol. The van der Waals surface area contributed by atoms with Gasteiger partial charge < -0.3 is 9.64 Å². The molecule has 0 bridgehead atoms. The number of nitrogens with zero attached hydrogens (tertiary/aromatic N) is 1. The molecule has 4 nitrogen and oxygen atoms in total. The fourth-order valence-electron chi connectivity index (χ4n) is 1.41. The van der Waals surface area contributed by atoms with Crippen LogP contribution in [0.25, 0.3) is 0 Å². The molecular weight excluding hydrogens is 218 g/mol. The number of esters is 1. The highest BCUT2D eigenvalue weighted by Gasteiger charge is 2.19. The van der Waals surface area contributed by atoms with Gasteiger partial charge >= 0.3 is 5.97 Å². The van der Waals surface area contributed by atoms with E-state index in [9.17, 15) is 9.59 Å². The first kappa shape index (κ1) is 15.5. The normalized spacial score (nSPS) is 9.82. The molecule has 4 heteroatoms. The van der Waals surface area contributed by atoms with Crippen LogP contribution in [-0.2, 0) is 14.3 Å². The zero-order chi connectivity index (χ0) is 13.3. The molecule has 0 rings (SSSR count). The van der Waals surface area contributed by atoms with Crippen LogP contribution < -0.4 is 0 Å². The summed E-state index contributed by atoms with van der Waals surface area (Å²) in [5.74, 6) is 2.12. The average Bonchev–Trinajstić information content (AvgIpc) is 2.30. The Bertz CT molecular complexity index is 292. The summed E-state index contributed by atoms with van der Waals surface area (Å²) < 4.78 is 4.56. The molecule has 0 atom stereocenters. The van der Waals surface area contributed by atoms with Crippen molar-refractivity contribution in [3.8, 4) is 12.3 Å². The molecule has 96 valence electrons. The molecular formula is C13H21NO3. The lowest BCUT2D eigenvalue weighted by Crippen LogP contribution is -2.40. The lowest BCUT2D eigenvalue weighted by Gasteiger charge is -2.25. The molecule has 0 saturated carbocycles. The van der Waals surface area contributed by atoms with E-state index in [1.165, 1.54) is 12.0 Å². The average molecular weight is 239 g/mol. The van der Waals surface area contributed by atoms with E-state index in [0.717, 1.165) is 12.8 Å². The first-order valence-corrected chi connectivity index (χ1v) is 5.82. The predicted molar refractivity (Wildman–Crippen MR) is 66.2 cm³/mol. The standard InChI is InChI=1S/C13H21NO3/c1-5-6-7-8-9-12(15)14(11(2)3)10-13(16)17-4/h1,11H,6-10H2,2-4H3. The van der Waals surface area contributed by atoms with Gasteiger partial charge in [0.15, 0.2) is 0 Å². The van der Waals surface area contributed by atoms with Gasteiger partial charge in [0, 0.05) is 18.9 Å². The zero-order valence-electron chi connectivity index (χ0n) is 10.9. The Kier molecular flexibility index (Phi) is 7.87. The number of amides is 1. The number of unbranched alkanes of at least 4 members (excludes halogenated alkanes) is 2. The second kappa shape index (κ2) is 8.63. The van der Waals surface area contributed by atoms with Crippen molar-refractivity contribution < 1.29 is 14.3 Å². The van der Waals surface area contributed by atoms with Gasteiger partial charge in [0.1, 0.15) is 6.54 Å². The molecule has 0 saturated heterocycles. The van der Waals surface area contributed by atoms with Crippen LogP contribution in [0.4, 0.5) is 0 Å². The van der Waals surface area contributed by atoms with Crippen molar-refractivity contribution in [2.45, 2.75) is 45.6 Å². The van der Waals surface area contributed by atoms with E-state index in [1.807, 2.05) is 13.8 Å². The van der Waals surface area contributed by atoms with E-state index in [1.54, 1.807) is 0 Å². The number of rotatable bonds is 7. The van der Waals surface area contributed by atoms with Crippen molar-refractivity contribution in [1.29, 1.82) is 0 Å². The Balaban J connectivity index is 4.17. The second-order valence-corrected chi connectivity index (χ2v) is 4.10. The van der Waals surface area contributed by atoms with Crippen LogP contribution in [0.2, 0.25) is 0 Å². The molecule has 0 fully saturated rings. The maximum Gasteiger partial charge on any atom is 0.325 e. The van der Waals surface area contributed by atoms with Crippen molar-refractivity contribution in [1.82, 2.24) is 4.90 Å². The predicted octanol–water partition coefficient (Wildman–Crippen LogP) is 1.59. The number of carbonyl (C=O) groups excluding carboxylic acids is 2. The lowest BCUT2D eigenvalue weighted by molar-refractivity contribution is -0.148. The molecule has 0 radical (unpaired) electrons. The summed E-state index contributed by atoms with van der Waals surface area (Å²) in [5, 5.41) is 0. The number of methoxy groups -OCH3 is 1. The zero-order valence-corrected chi connectivity index (χ0v) is 10.9. The van der Waals surface area contributed by atoms with E-state index in [4.69, 9.17) is 6.42 Å². The molecule has 0 aromatic carbocycles. The van der Waals surface area contributed by atoms with Gasteiger partial charge in [-0.25, -0.2) is 0 Å². The number of hydrogen-bond donors (Lipinski definition) is 0. The van der Waals surface area contributed by atoms with Gasteiger partial charge in [-0.2, -0.15) is 0 Å². The summed E-state index contributed by atoms with van der Waals surface area (Å²) in [6, 6.07) is -0.00534. The highest BCUT2D eigenvalue weighted by Crippen LogP contribution is 2.06. The van der Waals surface area contributed by atoms with Crippen molar-refractivity contribution in [2.24, 2.45) is 0 Å². The molecule has 0 spiro atoms. The smallest absolute Gasteiger partial charge is 0.325 e. The van der Waals surface area contributed by atoms with Gasteiger partial charge in [0.2, 0.25) is 5.91 Å². The van der Waals surface area contributed by atoms with E-state index < -0.39 is 5.97 Å². The topological polar surface area (TPSA) is 46.6 Å². The van der Waals surface area contributed by atoms with Crippen molar-refractivity contribution in [3.05, 3.63) is 0 Å². The number of terminal acetylenes is 1. The van der Waals surface area contributed by atoms with Crippen LogP contribution >= 0.6 is 0 Å². The molecule has 0 heterocycles. The van der Waals surface area contributed by atoms with Gasteiger partial charge in [-0.15, -0.1) is 12.3 Å². The number of hydrogen-bond acceptors (Lipinski definition) is 3. The third-order valence-electron chi connectivity index (χ3n) is 2.43. The molecule has 0 unspecified atom stereocenters. The van der Waals surface area contributed by atoms with Crippen molar-refractivity contribution >= 4 is 11.9 Å². The fourth-order valence-corrected chi connectivity index (χ4v) is 1.41. The van der Waals surface area contributed by atoms with Gasteiger partial charge in [-0.1, -0.05) is 0 Å². The van der Waals surface area contributed by atoms with Crippen LogP contribution in [-0.4, -0.2) is 36.5 Å². The van der Waals surface area contributed by atoms with E-state index in [-0.39, 0.29) is 18.5 Å². The molecule has 0 aromatic rings. The SMILES string of the molecule is C#CCCCCC(=O)N(CC(=O)OC)C(C)C. The van der Waals surface area contributed by atoms with Gasteiger partial charge in [0.25, 0.3) is 0 Å². The minimum Gasteiger partial charge on any atom is -0.468 e. The summed E-state index contributed by atoms with van der Waals surface area (Å²) in [6.07, 6.45) is 7.84. The maximum absolute atomic E-state index is 11.9. The Hall–Kier alpha value is -1.50. The molecule has 1 amide bonds. The molecule has 17 heavy (non-hydrogen) atoms. The first-order chi connectivity index (χ1) is 8.02. The lowest BCUT2D eigenvalue weighted by atomic mass is 10.1. The third kappa shape index (κ3) is 6.62. The maximum atomic E-state index is 11.9. The summed E-state index contributed by atoms with van der Waals surface area (Å²) >= 11 is 0.